The molecule has 0 spiro atoms. The maximum Gasteiger partial charge on any atom is 0.236 e. The Balaban J connectivity index is 1.85. The van der Waals surface area contributed by atoms with Gasteiger partial charge in [0.1, 0.15) is 0 Å². The molecule has 80 valence electrons. The zero-order valence-corrected chi connectivity index (χ0v) is 8.78. The Morgan fingerprint density at radius 2 is 2.07 bits per heavy atom. The van der Waals surface area contributed by atoms with Gasteiger partial charge in [-0.25, -0.2) is 0 Å². The Bertz CT molecular complexity index is 324. The summed E-state index contributed by atoms with van der Waals surface area (Å²) in [5, 5.41) is 3.07. The molecule has 0 atom stereocenters. The van der Waals surface area contributed by atoms with Gasteiger partial charge >= 0.3 is 0 Å². The quantitative estimate of drug-likeness (QED) is 0.784. The molecule has 15 heavy (non-hydrogen) atoms. The van der Waals surface area contributed by atoms with Crippen LogP contribution in [-0.2, 0) is 11.2 Å². The van der Waals surface area contributed by atoms with Crippen LogP contribution in [0.2, 0.25) is 0 Å². The predicted octanol–water partition coefficient (Wildman–Crippen LogP) is 0.661. The molecule has 0 bridgehead atoms. The molecule has 2 rings (SSSR count). The number of nitrogens with zero attached hydrogens (tertiary/aromatic N) is 1. The van der Waals surface area contributed by atoms with E-state index in [9.17, 15) is 4.79 Å². The Labute approximate surface area is 90.1 Å². The number of hydrogen-bond acceptors (Lipinski definition) is 2. The summed E-state index contributed by atoms with van der Waals surface area (Å²) in [4.78, 5) is 13.4. The van der Waals surface area contributed by atoms with E-state index in [4.69, 9.17) is 0 Å². The summed E-state index contributed by atoms with van der Waals surface area (Å²) >= 11 is 0. The third kappa shape index (κ3) is 2.80. The van der Waals surface area contributed by atoms with Crippen molar-refractivity contribution in [1.82, 2.24) is 10.2 Å². The molecule has 1 aromatic carbocycles. The van der Waals surface area contributed by atoms with Crippen LogP contribution in [0.5, 0.6) is 0 Å². The summed E-state index contributed by atoms with van der Waals surface area (Å²) in [6.45, 7) is 3.09. The van der Waals surface area contributed by atoms with E-state index in [1.165, 1.54) is 5.56 Å². The molecule has 1 saturated heterocycles. The van der Waals surface area contributed by atoms with Crippen molar-refractivity contribution in [2.75, 3.05) is 26.2 Å². The van der Waals surface area contributed by atoms with Gasteiger partial charge in [0.05, 0.1) is 6.54 Å². The summed E-state index contributed by atoms with van der Waals surface area (Å²) in [5.74, 6) is 0.220. The van der Waals surface area contributed by atoms with Crippen molar-refractivity contribution in [3.05, 3.63) is 35.9 Å². The van der Waals surface area contributed by atoms with Crippen LogP contribution in [0, 0.1) is 0 Å². The number of rotatable bonds is 3. The lowest BCUT2D eigenvalue weighted by molar-refractivity contribution is -0.131. The second kappa shape index (κ2) is 4.94. The molecule has 0 radical (unpaired) electrons. The third-order valence-corrected chi connectivity index (χ3v) is 2.70. The summed E-state index contributed by atoms with van der Waals surface area (Å²) in [7, 11) is 0. The van der Waals surface area contributed by atoms with E-state index >= 15 is 0 Å². The van der Waals surface area contributed by atoms with Gasteiger partial charge in [0, 0.05) is 19.6 Å². The van der Waals surface area contributed by atoms with E-state index in [1.54, 1.807) is 0 Å². The minimum Gasteiger partial charge on any atom is -0.340 e. The van der Waals surface area contributed by atoms with Crippen molar-refractivity contribution >= 4 is 5.91 Å². The molecule has 0 saturated carbocycles. The fourth-order valence-electron chi connectivity index (χ4n) is 1.79. The molecule has 1 N–H and O–H groups in total. The highest BCUT2D eigenvalue weighted by atomic mass is 16.2. The van der Waals surface area contributed by atoms with E-state index in [0.717, 1.165) is 26.1 Å². The van der Waals surface area contributed by atoms with Gasteiger partial charge in [0.2, 0.25) is 5.91 Å². The van der Waals surface area contributed by atoms with Crippen molar-refractivity contribution < 1.29 is 4.79 Å². The molecule has 1 aromatic rings. The van der Waals surface area contributed by atoms with Crippen LogP contribution in [0.4, 0.5) is 0 Å². The zero-order chi connectivity index (χ0) is 10.5. The highest BCUT2D eigenvalue weighted by Crippen LogP contribution is 2.02. The van der Waals surface area contributed by atoms with Crippen LogP contribution in [0.15, 0.2) is 30.3 Å². The van der Waals surface area contributed by atoms with Gasteiger partial charge in [-0.05, 0) is 12.0 Å². The zero-order valence-electron chi connectivity index (χ0n) is 8.78. The molecule has 0 unspecified atom stereocenters. The minimum absolute atomic E-state index is 0.220. The van der Waals surface area contributed by atoms with E-state index in [1.807, 2.05) is 23.1 Å². The molecular weight excluding hydrogens is 188 g/mol. The van der Waals surface area contributed by atoms with Crippen molar-refractivity contribution in [1.29, 1.82) is 0 Å². The summed E-state index contributed by atoms with van der Waals surface area (Å²) in [5.41, 5.74) is 1.30. The predicted molar refractivity (Wildman–Crippen MR) is 59.6 cm³/mol. The molecule has 1 amide bonds. The Morgan fingerprint density at radius 1 is 1.27 bits per heavy atom. The van der Waals surface area contributed by atoms with Crippen LogP contribution >= 0.6 is 0 Å². The molecule has 1 aliphatic rings. The van der Waals surface area contributed by atoms with E-state index in [2.05, 4.69) is 17.4 Å². The second-order valence-corrected chi connectivity index (χ2v) is 3.79. The molecule has 1 heterocycles. The van der Waals surface area contributed by atoms with Crippen molar-refractivity contribution in [3.8, 4) is 0 Å². The lowest BCUT2D eigenvalue weighted by atomic mass is 10.1. The standard InChI is InChI=1S/C12H16N2O/c15-12-10-13-7-9-14(12)8-6-11-4-2-1-3-5-11/h1-5,13H,6-10H2. The second-order valence-electron chi connectivity index (χ2n) is 3.79. The first kappa shape index (κ1) is 10.2. The van der Waals surface area contributed by atoms with Gasteiger partial charge in [0.15, 0.2) is 0 Å². The van der Waals surface area contributed by atoms with Crippen LogP contribution in [0.3, 0.4) is 0 Å². The van der Waals surface area contributed by atoms with Gasteiger partial charge in [-0.1, -0.05) is 30.3 Å². The maximum atomic E-state index is 11.5. The highest BCUT2D eigenvalue weighted by Gasteiger charge is 2.16. The fourth-order valence-corrected chi connectivity index (χ4v) is 1.79. The van der Waals surface area contributed by atoms with Crippen LogP contribution in [-0.4, -0.2) is 37.0 Å². The number of hydrogen-bond donors (Lipinski definition) is 1. The summed E-state index contributed by atoms with van der Waals surface area (Å²) in [6.07, 6.45) is 0.951. The number of benzene rings is 1. The largest absolute Gasteiger partial charge is 0.340 e. The number of carbonyl (C=O) groups excluding carboxylic acids is 1. The Kier molecular flexibility index (Phi) is 3.35. The number of piperazine rings is 1. The Hall–Kier alpha value is -1.35. The maximum absolute atomic E-state index is 11.5. The average molecular weight is 204 g/mol. The molecular formula is C12H16N2O. The van der Waals surface area contributed by atoms with Crippen LogP contribution < -0.4 is 5.32 Å². The van der Waals surface area contributed by atoms with Crippen molar-refractivity contribution in [2.24, 2.45) is 0 Å². The monoisotopic (exact) mass is 204 g/mol. The van der Waals surface area contributed by atoms with E-state index < -0.39 is 0 Å². The molecule has 3 nitrogen and oxygen atoms in total. The van der Waals surface area contributed by atoms with Gasteiger partial charge in [-0.15, -0.1) is 0 Å². The van der Waals surface area contributed by atoms with E-state index in [-0.39, 0.29) is 5.91 Å². The van der Waals surface area contributed by atoms with Gasteiger partial charge in [-0.3, -0.25) is 4.79 Å². The number of amides is 1. The third-order valence-electron chi connectivity index (χ3n) is 2.70. The Morgan fingerprint density at radius 3 is 2.80 bits per heavy atom. The fraction of sp³-hybridized carbons (Fsp3) is 0.417. The summed E-state index contributed by atoms with van der Waals surface area (Å²) in [6, 6.07) is 10.3. The molecule has 1 fully saturated rings. The van der Waals surface area contributed by atoms with Gasteiger partial charge in [-0.2, -0.15) is 0 Å². The van der Waals surface area contributed by atoms with Crippen molar-refractivity contribution in [2.45, 2.75) is 6.42 Å². The van der Waals surface area contributed by atoms with E-state index in [0.29, 0.717) is 6.54 Å². The molecule has 0 aromatic heterocycles. The smallest absolute Gasteiger partial charge is 0.236 e. The van der Waals surface area contributed by atoms with Gasteiger partial charge < -0.3 is 10.2 Å². The first-order valence-corrected chi connectivity index (χ1v) is 5.39. The topological polar surface area (TPSA) is 32.3 Å². The van der Waals surface area contributed by atoms with Gasteiger partial charge in [0.25, 0.3) is 0 Å². The normalized spacial score (nSPS) is 16.8. The van der Waals surface area contributed by atoms with Crippen molar-refractivity contribution in [3.63, 3.8) is 0 Å². The van der Waals surface area contributed by atoms with Crippen LogP contribution in [0.25, 0.3) is 0 Å². The first-order valence-electron chi connectivity index (χ1n) is 5.39. The SMILES string of the molecule is O=C1CNCCN1CCc1ccccc1. The minimum atomic E-state index is 0.220. The lowest BCUT2D eigenvalue weighted by Crippen LogP contribution is -2.48. The summed E-state index contributed by atoms with van der Waals surface area (Å²) < 4.78 is 0. The lowest BCUT2D eigenvalue weighted by Gasteiger charge is -2.27. The number of carbonyl (C=O) groups is 1. The first-order chi connectivity index (χ1) is 7.36. The van der Waals surface area contributed by atoms with Crippen LogP contribution in [0.1, 0.15) is 5.56 Å². The average Bonchev–Trinajstić information content (AvgIpc) is 2.29. The molecule has 1 aliphatic heterocycles. The highest BCUT2D eigenvalue weighted by molar-refractivity contribution is 5.78. The molecule has 0 aliphatic carbocycles. The number of nitrogens with one attached hydrogen (secondary N) is 1. The molecule has 3 heteroatoms.